The molecule has 8 nitrogen and oxygen atoms in total. The van der Waals surface area contributed by atoms with Crippen LogP contribution in [0.1, 0.15) is 5.69 Å². The predicted molar refractivity (Wildman–Crippen MR) is 122 cm³/mol. The van der Waals surface area contributed by atoms with Gasteiger partial charge < -0.3 is 4.74 Å². The molecule has 0 unspecified atom stereocenters. The van der Waals surface area contributed by atoms with Crippen LogP contribution < -0.4 is 5.32 Å². The molecule has 0 bridgehead atoms. The molecule has 0 aliphatic heterocycles. The lowest BCUT2D eigenvalue weighted by Crippen LogP contribution is -2.11. The summed E-state index contributed by atoms with van der Waals surface area (Å²) in [6, 6.07) is 13.8. The Bertz CT molecular complexity index is 1460. The molecule has 0 spiro atoms. The van der Waals surface area contributed by atoms with E-state index in [2.05, 4.69) is 25.0 Å². The zero-order valence-corrected chi connectivity index (χ0v) is 17.9. The zero-order chi connectivity index (χ0) is 22.9. The first kappa shape index (κ1) is 20.4. The summed E-state index contributed by atoms with van der Waals surface area (Å²) in [5.74, 6) is 0.0990. The number of aryl methyl sites for hydroxylation is 1. The molecule has 0 radical (unpaired) electrons. The minimum Gasteiger partial charge on any atom is -0.453 e. The van der Waals surface area contributed by atoms with Crippen LogP contribution in [0, 0.1) is 12.7 Å². The second-order valence-electron chi connectivity index (χ2n) is 7.36. The number of hydrogen-bond donors (Lipinski definition) is 1. The number of carbonyl (C=O) groups excluding carboxylic acids is 1. The summed E-state index contributed by atoms with van der Waals surface area (Å²) in [4.78, 5) is 24.6. The van der Waals surface area contributed by atoms with Gasteiger partial charge in [-0.2, -0.15) is 0 Å². The SMILES string of the molecule is COC(=O)Nc1ccc(-c2cnc3ccc(-c4c(C)ncn4-c4ccc(F)cc4)cn23)cn1. The second-order valence-corrected chi connectivity index (χ2v) is 7.36. The quantitative estimate of drug-likeness (QED) is 0.429. The van der Waals surface area contributed by atoms with Crippen LogP contribution in [0.15, 0.2) is 73.4 Å². The monoisotopic (exact) mass is 442 g/mol. The summed E-state index contributed by atoms with van der Waals surface area (Å²) in [7, 11) is 1.30. The number of halogens is 1. The van der Waals surface area contributed by atoms with Crippen molar-refractivity contribution in [1.82, 2.24) is 23.9 Å². The lowest BCUT2D eigenvalue weighted by Gasteiger charge is -2.11. The average Bonchev–Trinajstić information content (AvgIpc) is 3.43. The minimum atomic E-state index is -0.581. The normalized spacial score (nSPS) is 11.0. The fourth-order valence-corrected chi connectivity index (χ4v) is 3.69. The Kier molecular flexibility index (Phi) is 5.06. The van der Waals surface area contributed by atoms with Crippen LogP contribution >= 0.6 is 0 Å². The van der Waals surface area contributed by atoms with Gasteiger partial charge in [-0.3, -0.25) is 14.3 Å². The molecule has 0 saturated heterocycles. The standard InChI is InChI=1S/C24H19FN6O2/c1-15-23(31(14-28-15)19-7-5-18(25)6-8-19)17-4-10-22-27-12-20(30(22)13-17)16-3-9-21(26-11-16)29-24(32)33-2/h3-14H,1-2H3,(H,26,29,32). The first-order chi connectivity index (χ1) is 16.0. The molecule has 4 heterocycles. The molecular weight excluding hydrogens is 423 g/mol. The third-order valence-electron chi connectivity index (χ3n) is 5.31. The van der Waals surface area contributed by atoms with Gasteiger partial charge in [-0.15, -0.1) is 0 Å². The Labute approximate surface area is 188 Å². The molecule has 5 rings (SSSR count). The Morgan fingerprint density at radius 2 is 1.76 bits per heavy atom. The fourth-order valence-electron chi connectivity index (χ4n) is 3.69. The zero-order valence-electron chi connectivity index (χ0n) is 17.9. The molecule has 0 aliphatic rings. The van der Waals surface area contributed by atoms with Crippen LogP contribution in [0.5, 0.6) is 0 Å². The number of pyridine rings is 2. The van der Waals surface area contributed by atoms with Crippen LogP contribution in [0.25, 0.3) is 33.8 Å². The summed E-state index contributed by atoms with van der Waals surface area (Å²) in [6.07, 6.45) is 6.57. The van der Waals surface area contributed by atoms with E-state index < -0.39 is 6.09 Å². The lowest BCUT2D eigenvalue weighted by molar-refractivity contribution is 0.187. The topological polar surface area (TPSA) is 86.3 Å². The van der Waals surface area contributed by atoms with E-state index in [4.69, 9.17) is 0 Å². The van der Waals surface area contributed by atoms with Gasteiger partial charge in [-0.05, 0) is 55.5 Å². The van der Waals surface area contributed by atoms with Gasteiger partial charge in [0.05, 0.1) is 36.7 Å². The summed E-state index contributed by atoms with van der Waals surface area (Å²) in [5.41, 5.74) is 5.94. The van der Waals surface area contributed by atoms with Crippen molar-refractivity contribution in [3.05, 3.63) is 85.0 Å². The highest BCUT2D eigenvalue weighted by Crippen LogP contribution is 2.29. The Morgan fingerprint density at radius 3 is 2.48 bits per heavy atom. The molecule has 0 atom stereocenters. The van der Waals surface area contributed by atoms with Crippen LogP contribution in [-0.2, 0) is 4.74 Å². The van der Waals surface area contributed by atoms with Gasteiger partial charge in [0.15, 0.2) is 0 Å². The number of nitrogens with zero attached hydrogens (tertiary/aromatic N) is 5. The Hall–Kier alpha value is -4.53. The van der Waals surface area contributed by atoms with E-state index >= 15 is 0 Å². The van der Waals surface area contributed by atoms with Crippen molar-refractivity contribution < 1.29 is 13.9 Å². The Balaban J connectivity index is 1.56. The van der Waals surface area contributed by atoms with Crippen LogP contribution in [0.3, 0.4) is 0 Å². The second kappa shape index (κ2) is 8.19. The number of anilines is 1. The number of benzene rings is 1. The molecule has 1 amide bonds. The molecule has 0 fully saturated rings. The highest BCUT2D eigenvalue weighted by atomic mass is 19.1. The summed E-state index contributed by atoms with van der Waals surface area (Å²) < 4.78 is 21.9. The number of methoxy groups -OCH3 is 1. The molecule has 0 saturated carbocycles. The smallest absolute Gasteiger partial charge is 0.412 e. The highest BCUT2D eigenvalue weighted by Gasteiger charge is 2.14. The number of amides is 1. The van der Waals surface area contributed by atoms with E-state index in [1.54, 1.807) is 36.9 Å². The first-order valence-electron chi connectivity index (χ1n) is 10.1. The number of fused-ring (bicyclic) bond motifs is 1. The third kappa shape index (κ3) is 3.80. The van der Waals surface area contributed by atoms with Gasteiger partial charge in [0.2, 0.25) is 0 Å². The summed E-state index contributed by atoms with van der Waals surface area (Å²) >= 11 is 0. The molecule has 33 heavy (non-hydrogen) atoms. The maximum atomic E-state index is 13.4. The fraction of sp³-hybridized carbons (Fsp3) is 0.0833. The van der Waals surface area contributed by atoms with Gasteiger partial charge in [-0.25, -0.2) is 24.1 Å². The van der Waals surface area contributed by atoms with Gasteiger partial charge in [-0.1, -0.05) is 0 Å². The number of ether oxygens (including phenoxy) is 1. The molecule has 1 N–H and O–H groups in total. The number of rotatable bonds is 4. The highest BCUT2D eigenvalue weighted by molar-refractivity contribution is 5.83. The van der Waals surface area contributed by atoms with E-state index in [0.29, 0.717) is 5.82 Å². The molecule has 1 aromatic carbocycles. The van der Waals surface area contributed by atoms with E-state index in [0.717, 1.165) is 39.5 Å². The molecular formula is C24H19FN6O2. The molecule has 5 aromatic rings. The van der Waals surface area contributed by atoms with E-state index in [1.807, 2.05) is 40.3 Å². The number of nitrogens with one attached hydrogen (secondary N) is 1. The molecule has 164 valence electrons. The maximum Gasteiger partial charge on any atom is 0.412 e. The van der Waals surface area contributed by atoms with Crippen LogP contribution in [0.2, 0.25) is 0 Å². The van der Waals surface area contributed by atoms with Crippen molar-refractivity contribution in [2.24, 2.45) is 0 Å². The van der Waals surface area contributed by atoms with Crippen molar-refractivity contribution in [3.8, 4) is 28.2 Å². The lowest BCUT2D eigenvalue weighted by atomic mass is 10.1. The average molecular weight is 442 g/mol. The summed E-state index contributed by atoms with van der Waals surface area (Å²) in [5, 5.41) is 2.53. The molecule has 0 aliphatic carbocycles. The van der Waals surface area contributed by atoms with Crippen LogP contribution in [0.4, 0.5) is 15.0 Å². The minimum absolute atomic E-state index is 0.289. The number of carbonyl (C=O) groups is 1. The maximum absolute atomic E-state index is 13.4. The van der Waals surface area contributed by atoms with E-state index in [-0.39, 0.29) is 5.82 Å². The summed E-state index contributed by atoms with van der Waals surface area (Å²) in [6.45, 7) is 1.94. The number of aromatic nitrogens is 5. The number of imidazole rings is 2. The van der Waals surface area contributed by atoms with Crippen molar-refractivity contribution in [3.63, 3.8) is 0 Å². The van der Waals surface area contributed by atoms with Gasteiger partial charge >= 0.3 is 6.09 Å². The third-order valence-corrected chi connectivity index (χ3v) is 5.31. The van der Waals surface area contributed by atoms with Gasteiger partial charge in [0.1, 0.15) is 17.3 Å². The van der Waals surface area contributed by atoms with Gasteiger partial charge in [0.25, 0.3) is 0 Å². The predicted octanol–water partition coefficient (Wildman–Crippen LogP) is 4.87. The van der Waals surface area contributed by atoms with Gasteiger partial charge in [0, 0.05) is 29.2 Å². The van der Waals surface area contributed by atoms with Crippen molar-refractivity contribution in [2.75, 3.05) is 12.4 Å². The van der Waals surface area contributed by atoms with E-state index in [1.165, 1.54) is 19.2 Å². The molecule has 4 aromatic heterocycles. The number of hydrogen-bond acceptors (Lipinski definition) is 5. The van der Waals surface area contributed by atoms with E-state index in [9.17, 15) is 9.18 Å². The van der Waals surface area contributed by atoms with Crippen molar-refractivity contribution in [1.29, 1.82) is 0 Å². The van der Waals surface area contributed by atoms with Crippen molar-refractivity contribution in [2.45, 2.75) is 6.92 Å². The Morgan fingerprint density at radius 1 is 0.970 bits per heavy atom. The molecule has 9 heteroatoms. The first-order valence-corrected chi connectivity index (χ1v) is 10.1. The van der Waals surface area contributed by atoms with Crippen molar-refractivity contribution >= 4 is 17.6 Å². The van der Waals surface area contributed by atoms with Crippen LogP contribution in [-0.4, -0.2) is 37.1 Å². The largest absolute Gasteiger partial charge is 0.453 e.